The van der Waals surface area contributed by atoms with Crippen molar-refractivity contribution >= 4 is 17.5 Å². The van der Waals surface area contributed by atoms with Crippen LogP contribution in [0, 0.1) is 39.9 Å². The molecule has 0 radical (unpaired) electrons. The third-order valence-corrected chi connectivity index (χ3v) is 4.06. The molecule has 0 atom stereocenters. The van der Waals surface area contributed by atoms with E-state index in [1.54, 1.807) is 0 Å². The molecular formula is C15H16N7O+. The lowest BCUT2D eigenvalue weighted by Gasteiger charge is -2.28. The number of nitrogens with one attached hydrogen (secondary N) is 1. The molecule has 1 aromatic heterocycles. The van der Waals surface area contributed by atoms with Gasteiger partial charge in [0.05, 0.1) is 25.6 Å². The second kappa shape index (κ2) is 6.64. The van der Waals surface area contributed by atoms with Gasteiger partial charge in [-0.1, -0.05) is 0 Å². The minimum Gasteiger partial charge on any atom is -0.369 e. The van der Waals surface area contributed by atoms with Crippen molar-refractivity contribution < 1.29 is 9.78 Å². The lowest BCUT2D eigenvalue weighted by atomic mass is 9.95. The number of piperidine rings is 1. The Hall–Kier alpha value is -3.31. The fraction of sp³-hybridized carbons (Fsp3) is 0.400. The Kier molecular flexibility index (Phi) is 4.64. The van der Waals surface area contributed by atoms with Gasteiger partial charge < -0.3 is 11.5 Å². The van der Waals surface area contributed by atoms with Crippen LogP contribution in [0.25, 0.3) is 0 Å². The molecule has 1 aliphatic rings. The summed E-state index contributed by atoms with van der Waals surface area (Å²) >= 11 is 0. The van der Waals surface area contributed by atoms with E-state index in [0.717, 1.165) is 0 Å². The van der Waals surface area contributed by atoms with Gasteiger partial charge in [0.15, 0.2) is 0 Å². The molecule has 5 N–H and O–H groups in total. The zero-order valence-corrected chi connectivity index (χ0v) is 12.5. The van der Waals surface area contributed by atoms with Crippen molar-refractivity contribution in [2.45, 2.75) is 19.3 Å². The molecule has 1 fully saturated rings. The average molecular weight is 310 g/mol. The largest absolute Gasteiger partial charge is 0.369 e. The number of aromatic amines is 1. The number of nitrogens with two attached hydrogens (primary N) is 2. The van der Waals surface area contributed by atoms with Gasteiger partial charge in [-0.3, -0.25) is 9.69 Å². The van der Waals surface area contributed by atoms with Crippen molar-refractivity contribution in [3.63, 3.8) is 0 Å². The first-order valence-electron chi connectivity index (χ1n) is 7.12. The van der Waals surface area contributed by atoms with Gasteiger partial charge in [0, 0.05) is 11.5 Å². The molecule has 116 valence electrons. The fourth-order valence-corrected chi connectivity index (χ4v) is 2.81. The fourth-order valence-electron chi connectivity index (χ4n) is 2.81. The third-order valence-electron chi connectivity index (χ3n) is 4.06. The molecule has 1 saturated heterocycles. The first-order valence-corrected chi connectivity index (χ1v) is 7.12. The lowest BCUT2D eigenvalue weighted by Crippen LogP contribution is -2.42. The third kappa shape index (κ3) is 3.00. The zero-order chi connectivity index (χ0) is 17.0. The maximum Gasteiger partial charge on any atom is 0.240 e. The number of rotatable bonds is 3. The van der Waals surface area contributed by atoms with Crippen LogP contribution in [0.4, 0.5) is 11.6 Å². The standard InChI is InChI=1S/C15H15N7O/c16-4-1-10-11(7-17)13(19)21-15(12(10)8-18)22-5-2-9(3-6-22)14(20)23/h9H,1-3,5-6H2,(H2,19,21)(H2,20,23)/p+1. The molecule has 0 bridgehead atoms. The Bertz CT molecular complexity index is 758. The van der Waals surface area contributed by atoms with E-state index in [9.17, 15) is 15.3 Å². The summed E-state index contributed by atoms with van der Waals surface area (Å²) in [6.07, 6.45) is 1.10. The zero-order valence-electron chi connectivity index (χ0n) is 12.5. The Balaban J connectivity index is 2.45. The molecule has 2 rings (SSSR count). The monoisotopic (exact) mass is 310 g/mol. The Morgan fingerprint density at radius 1 is 1.22 bits per heavy atom. The van der Waals surface area contributed by atoms with Crippen molar-refractivity contribution in [1.29, 1.82) is 15.8 Å². The van der Waals surface area contributed by atoms with Gasteiger partial charge in [0.25, 0.3) is 0 Å². The summed E-state index contributed by atoms with van der Waals surface area (Å²) in [6.45, 7) is 1.08. The van der Waals surface area contributed by atoms with Crippen LogP contribution in [-0.4, -0.2) is 19.0 Å². The van der Waals surface area contributed by atoms with E-state index in [4.69, 9.17) is 16.7 Å². The van der Waals surface area contributed by atoms with Crippen molar-refractivity contribution in [3.05, 3.63) is 16.7 Å². The van der Waals surface area contributed by atoms with Gasteiger partial charge >= 0.3 is 0 Å². The van der Waals surface area contributed by atoms with E-state index >= 15 is 0 Å². The Labute approximate surface area is 133 Å². The molecule has 2 heterocycles. The van der Waals surface area contributed by atoms with Gasteiger partial charge in [-0.05, 0) is 12.8 Å². The van der Waals surface area contributed by atoms with Crippen LogP contribution in [0.1, 0.15) is 29.5 Å². The molecule has 1 amide bonds. The number of hydrogen-bond donors (Lipinski definition) is 2. The quantitative estimate of drug-likeness (QED) is 0.772. The minimum absolute atomic E-state index is 0.0740. The van der Waals surface area contributed by atoms with Crippen molar-refractivity contribution in [1.82, 2.24) is 0 Å². The Morgan fingerprint density at radius 3 is 2.30 bits per heavy atom. The van der Waals surface area contributed by atoms with E-state index < -0.39 is 0 Å². The number of nitriles is 3. The van der Waals surface area contributed by atoms with Gasteiger partial charge in [-0.15, -0.1) is 0 Å². The van der Waals surface area contributed by atoms with E-state index in [1.807, 2.05) is 17.0 Å². The van der Waals surface area contributed by atoms with Crippen molar-refractivity contribution in [2.75, 3.05) is 23.7 Å². The van der Waals surface area contributed by atoms with Gasteiger partial charge in [0.2, 0.25) is 17.5 Å². The van der Waals surface area contributed by atoms with Crippen LogP contribution >= 0.6 is 0 Å². The first-order chi connectivity index (χ1) is 11.0. The highest BCUT2D eigenvalue weighted by Gasteiger charge is 2.31. The summed E-state index contributed by atoms with van der Waals surface area (Å²) in [6, 6.07) is 5.96. The van der Waals surface area contributed by atoms with E-state index in [-0.39, 0.29) is 35.2 Å². The molecule has 1 aliphatic heterocycles. The van der Waals surface area contributed by atoms with Gasteiger partial charge in [0.1, 0.15) is 23.3 Å². The van der Waals surface area contributed by atoms with Crippen LogP contribution in [0.2, 0.25) is 0 Å². The molecule has 0 aliphatic carbocycles. The molecular weight excluding hydrogens is 294 g/mol. The van der Waals surface area contributed by atoms with Crippen LogP contribution < -0.4 is 21.4 Å². The lowest BCUT2D eigenvalue weighted by molar-refractivity contribution is -0.347. The SMILES string of the molecule is N#CCc1c(C#N)c(N)[nH+]c(N2CCC(C(N)=O)CC2)c1C#N. The maximum atomic E-state index is 11.2. The number of primary amides is 1. The number of aromatic nitrogens is 1. The number of amides is 1. The summed E-state index contributed by atoms with van der Waals surface area (Å²) < 4.78 is 0. The normalized spacial score (nSPS) is 14.6. The molecule has 0 unspecified atom stereocenters. The summed E-state index contributed by atoms with van der Waals surface area (Å²) in [5.41, 5.74) is 11.9. The smallest absolute Gasteiger partial charge is 0.240 e. The summed E-state index contributed by atoms with van der Waals surface area (Å²) in [5, 5.41) is 27.6. The summed E-state index contributed by atoms with van der Waals surface area (Å²) in [4.78, 5) is 16.0. The van der Waals surface area contributed by atoms with E-state index in [2.05, 4.69) is 11.1 Å². The number of H-pyrrole nitrogens is 1. The molecule has 8 heteroatoms. The number of carbonyl (C=O) groups excluding carboxylic acids is 1. The molecule has 1 aromatic rings. The van der Waals surface area contributed by atoms with Crippen molar-refractivity contribution in [2.24, 2.45) is 11.7 Å². The van der Waals surface area contributed by atoms with E-state index in [0.29, 0.717) is 37.3 Å². The number of nitrogens with zero attached hydrogens (tertiary/aromatic N) is 4. The van der Waals surface area contributed by atoms with Crippen molar-refractivity contribution in [3.8, 4) is 18.2 Å². The molecule has 0 aromatic carbocycles. The number of hydrogen-bond acceptors (Lipinski definition) is 6. The highest BCUT2D eigenvalue weighted by Crippen LogP contribution is 2.28. The van der Waals surface area contributed by atoms with Crippen LogP contribution in [-0.2, 0) is 11.2 Å². The van der Waals surface area contributed by atoms with Gasteiger partial charge in [-0.2, -0.15) is 15.8 Å². The number of pyridine rings is 1. The molecule has 23 heavy (non-hydrogen) atoms. The number of anilines is 2. The highest BCUT2D eigenvalue weighted by molar-refractivity contribution is 5.77. The van der Waals surface area contributed by atoms with Crippen LogP contribution in [0.5, 0.6) is 0 Å². The first kappa shape index (κ1) is 16.1. The second-order valence-electron chi connectivity index (χ2n) is 5.34. The Morgan fingerprint density at radius 2 is 1.83 bits per heavy atom. The van der Waals surface area contributed by atoms with Crippen LogP contribution in [0.15, 0.2) is 0 Å². The average Bonchev–Trinajstić information content (AvgIpc) is 2.55. The van der Waals surface area contributed by atoms with Gasteiger partial charge in [-0.25, -0.2) is 4.98 Å². The number of nitrogen functional groups attached to an aromatic ring is 1. The molecule has 8 nitrogen and oxygen atoms in total. The number of carbonyl (C=O) groups is 1. The predicted octanol–water partition coefficient (Wildman–Crippen LogP) is -0.406. The predicted molar refractivity (Wildman–Crippen MR) is 80.3 cm³/mol. The summed E-state index contributed by atoms with van der Waals surface area (Å²) in [5.74, 6) is 0.116. The highest BCUT2D eigenvalue weighted by atomic mass is 16.1. The topological polar surface area (TPSA) is 158 Å². The summed E-state index contributed by atoms with van der Waals surface area (Å²) in [7, 11) is 0. The minimum atomic E-state index is -0.321. The second-order valence-corrected chi connectivity index (χ2v) is 5.34. The molecule has 0 saturated carbocycles. The maximum absolute atomic E-state index is 11.2. The van der Waals surface area contributed by atoms with Crippen LogP contribution in [0.3, 0.4) is 0 Å². The van der Waals surface area contributed by atoms with E-state index in [1.165, 1.54) is 0 Å². The molecule has 0 spiro atoms.